The van der Waals surface area contributed by atoms with E-state index in [1.54, 1.807) is 33.6 Å². The number of hydrogen-bond acceptors (Lipinski definition) is 6. The van der Waals surface area contributed by atoms with Crippen LogP contribution in [0.2, 0.25) is 0 Å². The van der Waals surface area contributed by atoms with Crippen molar-refractivity contribution in [3.63, 3.8) is 0 Å². The summed E-state index contributed by atoms with van der Waals surface area (Å²) in [7, 11) is 3.61. The molecular formula is C19H21N9O. The van der Waals surface area contributed by atoms with Gasteiger partial charge in [0, 0.05) is 44.2 Å². The van der Waals surface area contributed by atoms with E-state index in [1.807, 2.05) is 50.5 Å². The fraction of sp³-hybridized carbons (Fsp3) is 0.263. The van der Waals surface area contributed by atoms with Crippen LogP contribution in [-0.4, -0.2) is 57.6 Å². The SMILES string of the molecule is Cc1nn(C)cc1CN(C)C(=O)c1ccn(Cn2nnc(-c3ccccc3)n2)n1. The Morgan fingerprint density at radius 1 is 1.10 bits per heavy atom. The zero-order chi connectivity index (χ0) is 20.4. The summed E-state index contributed by atoms with van der Waals surface area (Å²) in [6.07, 6.45) is 3.64. The lowest BCUT2D eigenvalue weighted by atomic mass is 10.2. The number of hydrogen-bond donors (Lipinski definition) is 0. The molecule has 10 heteroatoms. The molecule has 0 saturated heterocycles. The minimum atomic E-state index is -0.163. The van der Waals surface area contributed by atoms with Gasteiger partial charge in [0.1, 0.15) is 5.69 Å². The maximum absolute atomic E-state index is 12.7. The van der Waals surface area contributed by atoms with E-state index >= 15 is 0 Å². The molecule has 0 saturated carbocycles. The number of aryl methyl sites for hydroxylation is 2. The van der Waals surface area contributed by atoms with Crippen LogP contribution >= 0.6 is 0 Å². The molecule has 0 atom stereocenters. The summed E-state index contributed by atoms with van der Waals surface area (Å²) in [6, 6.07) is 11.3. The first-order valence-corrected chi connectivity index (χ1v) is 9.11. The van der Waals surface area contributed by atoms with Gasteiger partial charge in [-0.1, -0.05) is 30.3 Å². The average Bonchev–Trinajstić information content (AvgIpc) is 3.43. The van der Waals surface area contributed by atoms with Gasteiger partial charge >= 0.3 is 0 Å². The number of tetrazole rings is 1. The first-order chi connectivity index (χ1) is 14.0. The maximum atomic E-state index is 12.7. The zero-order valence-electron chi connectivity index (χ0n) is 16.5. The Bertz CT molecular complexity index is 1130. The summed E-state index contributed by atoms with van der Waals surface area (Å²) in [5, 5.41) is 21.1. The topological polar surface area (TPSA) is 99.6 Å². The molecule has 4 rings (SSSR count). The molecular weight excluding hydrogens is 370 g/mol. The van der Waals surface area contributed by atoms with E-state index in [0.717, 1.165) is 16.8 Å². The van der Waals surface area contributed by atoms with Gasteiger partial charge in [-0.25, -0.2) is 4.68 Å². The maximum Gasteiger partial charge on any atom is 0.274 e. The van der Waals surface area contributed by atoms with Crippen molar-refractivity contribution >= 4 is 5.91 Å². The fourth-order valence-corrected chi connectivity index (χ4v) is 3.02. The molecule has 148 valence electrons. The molecule has 29 heavy (non-hydrogen) atoms. The van der Waals surface area contributed by atoms with Crippen LogP contribution in [0, 0.1) is 6.92 Å². The molecule has 0 aliphatic heterocycles. The Morgan fingerprint density at radius 3 is 2.62 bits per heavy atom. The van der Waals surface area contributed by atoms with Crippen molar-refractivity contribution < 1.29 is 4.79 Å². The second-order valence-corrected chi connectivity index (χ2v) is 6.81. The van der Waals surface area contributed by atoms with E-state index in [2.05, 4.69) is 25.6 Å². The van der Waals surface area contributed by atoms with E-state index in [9.17, 15) is 4.79 Å². The Kier molecular flexibility index (Phi) is 4.90. The molecule has 0 bridgehead atoms. The van der Waals surface area contributed by atoms with Crippen LogP contribution in [0.15, 0.2) is 48.8 Å². The average molecular weight is 391 g/mol. The molecule has 10 nitrogen and oxygen atoms in total. The van der Waals surface area contributed by atoms with E-state index in [0.29, 0.717) is 18.1 Å². The molecule has 3 aromatic heterocycles. The van der Waals surface area contributed by atoms with Crippen molar-refractivity contribution in [2.45, 2.75) is 20.1 Å². The fourth-order valence-electron chi connectivity index (χ4n) is 3.02. The smallest absolute Gasteiger partial charge is 0.274 e. The molecule has 0 N–H and O–H groups in total. The summed E-state index contributed by atoms with van der Waals surface area (Å²) in [5.41, 5.74) is 3.16. The Labute approximate surface area is 167 Å². The minimum absolute atomic E-state index is 0.163. The third-order valence-electron chi connectivity index (χ3n) is 4.49. The summed E-state index contributed by atoms with van der Waals surface area (Å²) < 4.78 is 3.35. The van der Waals surface area contributed by atoms with Gasteiger partial charge in [-0.2, -0.15) is 10.2 Å². The monoisotopic (exact) mass is 391 g/mol. The summed E-state index contributed by atoms with van der Waals surface area (Å²) in [4.78, 5) is 15.8. The highest BCUT2D eigenvalue weighted by Gasteiger charge is 2.17. The molecule has 0 fully saturated rings. The predicted molar refractivity (Wildman–Crippen MR) is 105 cm³/mol. The number of carbonyl (C=O) groups is 1. The number of rotatable bonds is 6. The second kappa shape index (κ2) is 7.66. The summed E-state index contributed by atoms with van der Waals surface area (Å²) >= 11 is 0. The number of nitrogens with zero attached hydrogens (tertiary/aromatic N) is 9. The Hall–Kier alpha value is -3.82. The van der Waals surface area contributed by atoms with Gasteiger partial charge < -0.3 is 4.90 Å². The van der Waals surface area contributed by atoms with E-state index < -0.39 is 0 Å². The van der Waals surface area contributed by atoms with E-state index in [1.165, 1.54) is 4.80 Å². The van der Waals surface area contributed by atoms with Crippen LogP contribution in [0.5, 0.6) is 0 Å². The lowest BCUT2D eigenvalue weighted by Gasteiger charge is -2.15. The van der Waals surface area contributed by atoms with Gasteiger partial charge in [-0.3, -0.25) is 9.48 Å². The normalized spacial score (nSPS) is 11.0. The first-order valence-electron chi connectivity index (χ1n) is 9.11. The van der Waals surface area contributed by atoms with Gasteiger partial charge in [0.05, 0.1) is 5.69 Å². The third-order valence-corrected chi connectivity index (χ3v) is 4.49. The standard InChI is InChI=1S/C19H21N9O/c1-14-16(12-26(3)21-14)11-25(2)19(29)17-9-10-27(22-17)13-28-23-18(20-24-28)15-7-5-4-6-8-15/h4-10,12H,11,13H2,1-3H3. The van der Waals surface area contributed by atoms with Crippen LogP contribution in [-0.2, 0) is 20.3 Å². The minimum Gasteiger partial charge on any atom is -0.336 e. The van der Waals surface area contributed by atoms with Crippen LogP contribution in [0.1, 0.15) is 21.7 Å². The molecule has 1 aromatic carbocycles. The Morgan fingerprint density at radius 2 is 1.90 bits per heavy atom. The van der Waals surface area contributed by atoms with Crippen LogP contribution in [0.3, 0.4) is 0 Å². The van der Waals surface area contributed by atoms with Crippen LogP contribution in [0.4, 0.5) is 0 Å². The van der Waals surface area contributed by atoms with E-state index in [4.69, 9.17) is 0 Å². The highest BCUT2D eigenvalue weighted by atomic mass is 16.2. The molecule has 1 amide bonds. The molecule has 0 aliphatic rings. The molecule has 0 radical (unpaired) electrons. The second-order valence-electron chi connectivity index (χ2n) is 6.81. The van der Waals surface area contributed by atoms with Crippen molar-refractivity contribution in [1.29, 1.82) is 0 Å². The molecule has 0 spiro atoms. The molecule has 3 heterocycles. The third kappa shape index (κ3) is 4.05. The van der Waals surface area contributed by atoms with Gasteiger partial charge in [0.2, 0.25) is 5.82 Å². The van der Waals surface area contributed by atoms with Gasteiger partial charge in [-0.15, -0.1) is 15.0 Å². The van der Waals surface area contributed by atoms with Gasteiger partial charge in [-0.05, 0) is 18.2 Å². The molecule has 0 unspecified atom stereocenters. The molecule has 0 aliphatic carbocycles. The highest BCUT2D eigenvalue weighted by Crippen LogP contribution is 2.12. The molecule has 4 aromatic rings. The lowest BCUT2D eigenvalue weighted by molar-refractivity contribution is 0.0778. The zero-order valence-corrected chi connectivity index (χ0v) is 16.5. The lowest BCUT2D eigenvalue weighted by Crippen LogP contribution is -2.27. The van der Waals surface area contributed by atoms with Crippen molar-refractivity contribution in [3.05, 3.63) is 65.7 Å². The van der Waals surface area contributed by atoms with Gasteiger partial charge in [0.15, 0.2) is 6.67 Å². The summed E-state index contributed by atoms with van der Waals surface area (Å²) in [6.45, 7) is 2.66. The number of benzene rings is 1. The first kappa shape index (κ1) is 18.5. The van der Waals surface area contributed by atoms with Crippen molar-refractivity contribution in [2.24, 2.45) is 7.05 Å². The quantitative estimate of drug-likeness (QED) is 0.492. The number of carbonyl (C=O) groups excluding carboxylic acids is 1. The van der Waals surface area contributed by atoms with Crippen molar-refractivity contribution in [1.82, 2.24) is 44.7 Å². The summed E-state index contributed by atoms with van der Waals surface area (Å²) in [5.74, 6) is 0.379. The van der Waals surface area contributed by atoms with Gasteiger partial charge in [0.25, 0.3) is 5.91 Å². The number of aromatic nitrogens is 8. The largest absolute Gasteiger partial charge is 0.336 e. The van der Waals surface area contributed by atoms with Crippen molar-refractivity contribution in [3.8, 4) is 11.4 Å². The highest BCUT2D eigenvalue weighted by molar-refractivity contribution is 5.91. The van der Waals surface area contributed by atoms with E-state index in [-0.39, 0.29) is 12.6 Å². The van der Waals surface area contributed by atoms with Crippen molar-refractivity contribution in [2.75, 3.05) is 7.05 Å². The van der Waals surface area contributed by atoms with Crippen LogP contribution < -0.4 is 0 Å². The van der Waals surface area contributed by atoms with Crippen LogP contribution in [0.25, 0.3) is 11.4 Å². The Balaban J connectivity index is 1.42. The number of amides is 1. The predicted octanol–water partition coefficient (Wildman–Crippen LogP) is 1.36.